The number of rotatable bonds is 3. The molecule has 0 amide bonds. The van der Waals surface area contributed by atoms with Crippen molar-refractivity contribution >= 4 is 5.82 Å². The topological polar surface area (TPSA) is 32.3 Å². The van der Waals surface area contributed by atoms with Gasteiger partial charge in [0.05, 0.1) is 0 Å². The van der Waals surface area contributed by atoms with E-state index in [4.69, 9.17) is 0 Å². The zero-order valence-electron chi connectivity index (χ0n) is 14.3. The first kappa shape index (κ1) is 16.4. The summed E-state index contributed by atoms with van der Waals surface area (Å²) in [5.74, 6) is 0.625. The molecule has 0 spiro atoms. The van der Waals surface area contributed by atoms with Crippen LogP contribution in [0.25, 0.3) is 0 Å². The maximum atomic E-state index is 14.0. The van der Waals surface area contributed by atoms with E-state index in [9.17, 15) is 8.78 Å². The summed E-state index contributed by atoms with van der Waals surface area (Å²) in [6.07, 6.45) is 3.87. The first-order valence-corrected chi connectivity index (χ1v) is 8.82. The highest BCUT2D eigenvalue weighted by Crippen LogP contribution is 2.34. The zero-order chi connectivity index (χ0) is 17.4. The number of hydrogen-bond acceptors (Lipinski definition) is 4. The third-order valence-electron chi connectivity index (χ3n) is 5.48. The van der Waals surface area contributed by atoms with Crippen LogP contribution in [0.5, 0.6) is 0 Å². The van der Waals surface area contributed by atoms with Crippen molar-refractivity contribution in [1.82, 2.24) is 14.9 Å². The minimum Gasteiger partial charge on any atom is -0.355 e. The Hall–Kier alpha value is -2.08. The number of aryl methyl sites for hydroxylation is 1. The molecule has 2 aliphatic rings. The summed E-state index contributed by atoms with van der Waals surface area (Å²) >= 11 is 0. The van der Waals surface area contributed by atoms with Crippen LogP contribution in [0.1, 0.15) is 24.1 Å². The van der Waals surface area contributed by atoms with Crippen molar-refractivity contribution in [1.29, 1.82) is 0 Å². The van der Waals surface area contributed by atoms with Gasteiger partial charge in [-0.3, -0.25) is 4.90 Å². The Morgan fingerprint density at radius 1 is 1.12 bits per heavy atom. The largest absolute Gasteiger partial charge is 0.355 e. The highest BCUT2D eigenvalue weighted by molar-refractivity contribution is 5.40. The van der Waals surface area contributed by atoms with Crippen LogP contribution in [0, 0.1) is 24.5 Å². The van der Waals surface area contributed by atoms with Crippen LogP contribution in [-0.2, 0) is 6.54 Å². The molecule has 4 rings (SSSR count). The van der Waals surface area contributed by atoms with Crippen LogP contribution in [0.3, 0.4) is 0 Å². The van der Waals surface area contributed by atoms with Crippen LogP contribution in [0.4, 0.5) is 14.6 Å². The molecule has 2 aliphatic heterocycles. The minimum absolute atomic E-state index is 0.383. The lowest BCUT2D eigenvalue weighted by Gasteiger charge is -2.39. The molecule has 2 saturated heterocycles. The van der Waals surface area contributed by atoms with Gasteiger partial charge in [0.1, 0.15) is 23.8 Å². The molecule has 2 atom stereocenters. The van der Waals surface area contributed by atoms with Crippen molar-refractivity contribution in [2.45, 2.75) is 32.4 Å². The molecule has 0 saturated carbocycles. The summed E-state index contributed by atoms with van der Waals surface area (Å²) in [5.41, 5.74) is 1.53. The number of likely N-dealkylation sites (tertiary alicyclic amines) is 1. The molecule has 0 radical (unpaired) electrons. The highest BCUT2D eigenvalue weighted by Gasteiger charge is 2.38. The molecule has 2 unspecified atom stereocenters. The van der Waals surface area contributed by atoms with Gasteiger partial charge in [-0.05, 0) is 38.3 Å². The van der Waals surface area contributed by atoms with Gasteiger partial charge in [0.2, 0.25) is 0 Å². The summed E-state index contributed by atoms with van der Waals surface area (Å²) in [5, 5.41) is 0. The molecule has 0 bridgehead atoms. The fraction of sp³-hybridized carbons (Fsp3) is 0.474. The van der Waals surface area contributed by atoms with E-state index in [1.807, 2.05) is 13.0 Å². The molecular formula is C19H22F2N4. The number of halogens is 2. The smallest absolute Gasteiger partial charge is 0.132 e. The van der Waals surface area contributed by atoms with Gasteiger partial charge in [-0.2, -0.15) is 0 Å². The number of fused-ring (bicyclic) bond motifs is 1. The highest BCUT2D eigenvalue weighted by atomic mass is 19.1. The number of piperidine rings is 1. The Morgan fingerprint density at radius 2 is 1.96 bits per heavy atom. The van der Waals surface area contributed by atoms with Gasteiger partial charge in [-0.15, -0.1) is 0 Å². The molecule has 1 aromatic heterocycles. The van der Waals surface area contributed by atoms with E-state index in [1.54, 1.807) is 12.4 Å². The van der Waals surface area contributed by atoms with Crippen molar-refractivity contribution in [2.24, 2.45) is 5.92 Å². The minimum atomic E-state index is -0.525. The average molecular weight is 344 g/mol. The van der Waals surface area contributed by atoms with Crippen molar-refractivity contribution in [3.8, 4) is 0 Å². The van der Waals surface area contributed by atoms with E-state index in [1.165, 1.54) is 6.07 Å². The van der Waals surface area contributed by atoms with Gasteiger partial charge in [-0.25, -0.2) is 18.7 Å². The number of benzene rings is 1. The molecular weight excluding hydrogens is 322 g/mol. The predicted octanol–water partition coefficient (Wildman–Crippen LogP) is 3.16. The fourth-order valence-electron chi connectivity index (χ4n) is 4.11. The van der Waals surface area contributed by atoms with E-state index in [2.05, 4.69) is 19.8 Å². The molecule has 2 fully saturated rings. The lowest BCUT2D eigenvalue weighted by Crippen LogP contribution is -2.48. The monoisotopic (exact) mass is 344 g/mol. The van der Waals surface area contributed by atoms with E-state index < -0.39 is 11.6 Å². The molecule has 6 heteroatoms. The number of aromatic nitrogens is 2. The number of anilines is 1. The zero-order valence-corrected chi connectivity index (χ0v) is 14.3. The number of hydrogen-bond donors (Lipinski definition) is 0. The van der Waals surface area contributed by atoms with Gasteiger partial charge in [0.15, 0.2) is 0 Å². The molecule has 4 nitrogen and oxygen atoms in total. The molecule has 2 aromatic rings. The predicted molar refractivity (Wildman–Crippen MR) is 92.3 cm³/mol. The summed E-state index contributed by atoms with van der Waals surface area (Å²) in [4.78, 5) is 13.2. The second-order valence-electron chi connectivity index (χ2n) is 7.07. The molecule has 132 valence electrons. The quantitative estimate of drug-likeness (QED) is 0.856. The second kappa shape index (κ2) is 6.67. The van der Waals surface area contributed by atoms with Crippen LogP contribution in [0.15, 0.2) is 30.6 Å². The Balaban J connectivity index is 1.50. The Labute approximate surface area is 146 Å². The van der Waals surface area contributed by atoms with Crippen molar-refractivity contribution < 1.29 is 8.78 Å². The van der Waals surface area contributed by atoms with Crippen LogP contribution < -0.4 is 4.90 Å². The first-order valence-electron chi connectivity index (χ1n) is 8.82. The van der Waals surface area contributed by atoms with E-state index in [0.29, 0.717) is 24.1 Å². The summed E-state index contributed by atoms with van der Waals surface area (Å²) < 4.78 is 27.1. The third kappa shape index (κ3) is 3.35. The van der Waals surface area contributed by atoms with E-state index in [0.717, 1.165) is 50.1 Å². The van der Waals surface area contributed by atoms with Crippen LogP contribution in [0.2, 0.25) is 0 Å². The molecule has 1 aromatic carbocycles. The van der Waals surface area contributed by atoms with Gasteiger partial charge >= 0.3 is 0 Å². The number of nitrogens with zero attached hydrogens (tertiary/aromatic N) is 4. The SMILES string of the molecule is Cc1cc(N2CCC3CCN(Cc4ccc(F)cc4F)C3C2)ncn1. The van der Waals surface area contributed by atoms with Crippen LogP contribution >= 0.6 is 0 Å². The van der Waals surface area contributed by atoms with E-state index in [-0.39, 0.29) is 0 Å². The third-order valence-corrected chi connectivity index (χ3v) is 5.48. The van der Waals surface area contributed by atoms with Gasteiger partial charge in [-0.1, -0.05) is 6.07 Å². The second-order valence-corrected chi connectivity index (χ2v) is 7.07. The summed E-state index contributed by atoms with van der Waals surface area (Å²) in [6, 6.07) is 6.27. The van der Waals surface area contributed by atoms with Crippen molar-refractivity contribution in [3.05, 3.63) is 53.5 Å². The van der Waals surface area contributed by atoms with Crippen molar-refractivity contribution in [3.63, 3.8) is 0 Å². The summed E-state index contributed by atoms with van der Waals surface area (Å²) in [6.45, 7) is 5.35. The molecule has 0 N–H and O–H groups in total. The van der Waals surface area contributed by atoms with E-state index >= 15 is 0 Å². The lowest BCUT2D eigenvalue weighted by atomic mass is 9.92. The van der Waals surface area contributed by atoms with Gasteiger partial charge in [0.25, 0.3) is 0 Å². The maximum absolute atomic E-state index is 14.0. The Kier molecular flexibility index (Phi) is 4.37. The molecule has 25 heavy (non-hydrogen) atoms. The van der Waals surface area contributed by atoms with Crippen molar-refractivity contribution in [2.75, 3.05) is 24.5 Å². The molecule has 0 aliphatic carbocycles. The lowest BCUT2D eigenvalue weighted by molar-refractivity contribution is 0.198. The maximum Gasteiger partial charge on any atom is 0.132 e. The average Bonchev–Trinajstić information content (AvgIpc) is 2.99. The standard InChI is InChI=1S/C19H22F2N4/c1-13-8-19(23-12-22-13)25-7-5-14-4-6-24(18(14)11-25)10-15-2-3-16(20)9-17(15)21/h2-3,8-9,12,14,18H,4-7,10-11H2,1H3. The fourth-order valence-corrected chi connectivity index (χ4v) is 4.11. The molecule has 3 heterocycles. The Bertz CT molecular complexity index is 767. The Morgan fingerprint density at radius 3 is 2.76 bits per heavy atom. The van der Waals surface area contributed by atoms with Gasteiger partial charge < -0.3 is 4.90 Å². The van der Waals surface area contributed by atoms with Crippen LogP contribution in [-0.4, -0.2) is 40.5 Å². The normalized spacial score (nSPS) is 23.7. The summed E-state index contributed by atoms with van der Waals surface area (Å²) in [7, 11) is 0. The van der Waals surface area contributed by atoms with Gasteiger partial charge in [0, 0.05) is 49.1 Å². The first-order chi connectivity index (χ1) is 12.1.